The third-order valence-electron chi connectivity index (χ3n) is 4.25. The Labute approximate surface area is 164 Å². The number of pyridine rings is 1. The first-order valence-electron chi connectivity index (χ1n) is 9.33. The van der Waals surface area contributed by atoms with Crippen molar-refractivity contribution in [1.82, 2.24) is 20.3 Å². The number of hydrogen-bond acceptors (Lipinski definition) is 6. The topological polar surface area (TPSA) is 91.8 Å². The molecule has 0 aliphatic heterocycles. The summed E-state index contributed by atoms with van der Waals surface area (Å²) in [5.41, 5.74) is 1.04. The molecule has 0 radical (unpaired) electrons. The molecule has 3 N–H and O–H groups in total. The molecule has 3 aromatic rings. The number of nitrogens with zero attached hydrogens (tertiary/aromatic N) is 3. The van der Waals surface area contributed by atoms with E-state index in [0.717, 1.165) is 12.0 Å². The molecule has 0 aliphatic carbocycles. The number of rotatable bonds is 9. The third-order valence-corrected chi connectivity index (χ3v) is 4.25. The Kier molecular flexibility index (Phi) is 6.89. The SMILES string of the molecule is CC[C@H](C(=O)NCCNc1cc(Nc2ccccn2)ncn1)c1ccccc1. The summed E-state index contributed by atoms with van der Waals surface area (Å²) >= 11 is 0. The van der Waals surface area contributed by atoms with Crippen LogP contribution in [0.2, 0.25) is 0 Å². The highest BCUT2D eigenvalue weighted by atomic mass is 16.1. The van der Waals surface area contributed by atoms with Gasteiger partial charge in [0.1, 0.15) is 23.8 Å². The smallest absolute Gasteiger partial charge is 0.227 e. The summed E-state index contributed by atoms with van der Waals surface area (Å²) in [6, 6.07) is 17.3. The summed E-state index contributed by atoms with van der Waals surface area (Å²) in [7, 11) is 0. The van der Waals surface area contributed by atoms with Crippen LogP contribution in [0, 0.1) is 0 Å². The fourth-order valence-electron chi connectivity index (χ4n) is 2.85. The first kappa shape index (κ1) is 19.3. The van der Waals surface area contributed by atoms with Crippen LogP contribution in [0.3, 0.4) is 0 Å². The summed E-state index contributed by atoms with van der Waals surface area (Å²) in [5.74, 6) is 1.95. The molecule has 1 amide bonds. The second-order valence-electron chi connectivity index (χ2n) is 6.22. The van der Waals surface area contributed by atoms with E-state index in [1.807, 2.05) is 55.5 Å². The molecule has 0 unspecified atom stereocenters. The molecule has 2 heterocycles. The maximum atomic E-state index is 12.5. The summed E-state index contributed by atoms with van der Waals surface area (Å²) in [5, 5.41) is 9.30. The van der Waals surface area contributed by atoms with Crippen LogP contribution in [0.25, 0.3) is 0 Å². The Balaban J connectivity index is 1.47. The average molecular weight is 376 g/mol. The van der Waals surface area contributed by atoms with Crippen molar-refractivity contribution in [3.8, 4) is 0 Å². The molecule has 0 bridgehead atoms. The van der Waals surface area contributed by atoms with Crippen LogP contribution in [-0.2, 0) is 4.79 Å². The highest BCUT2D eigenvalue weighted by Gasteiger charge is 2.17. The normalized spacial score (nSPS) is 11.5. The van der Waals surface area contributed by atoms with Gasteiger partial charge in [0.05, 0.1) is 5.92 Å². The lowest BCUT2D eigenvalue weighted by Gasteiger charge is -2.15. The summed E-state index contributed by atoms with van der Waals surface area (Å²) in [6.45, 7) is 3.10. The number of carbonyl (C=O) groups excluding carboxylic acids is 1. The highest BCUT2D eigenvalue weighted by Crippen LogP contribution is 2.19. The molecule has 7 heteroatoms. The van der Waals surface area contributed by atoms with Gasteiger partial charge in [0.2, 0.25) is 5.91 Å². The zero-order valence-corrected chi connectivity index (χ0v) is 15.8. The largest absolute Gasteiger partial charge is 0.368 e. The first-order valence-corrected chi connectivity index (χ1v) is 9.33. The van der Waals surface area contributed by atoms with Crippen molar-refractivity contribution in [2.45, 2.75) is 19.3 Å². The van der Waals surface area contributed by atoms with Crippen molar-refractivity contribution in [2.75, 3.05) is 23.7 Å². The molecule has 28 heavy (non-hydrogen) atoms. The Morgan fingerprint density at radius 1 is 0.929 bits per heavy atom. The van der Waals surface area contributed by atoms with Gasteiger partial charge in [-0.1, -0.05) is 43.3 Å². The van der Waals surface area contributed by atoms with Gasteiger partial charge in [-0.15, -0.1) is 0 Å². The Bertz CT molecular complexity index is 872. The maximum Gasteiger partial charge on any atom is 0.227 e. The number of anilines is 3. The van der Waals surface area contributed by atoms with Crippen molar-refractivity contribution < 1.29 is 4.79 Å². The second kappa shape index (κ2) is 10.0. The Morgan fingerprint density at radius 2 is 1.71 bits per heavy atom. The Hall–Kier alpha value is -3.48. The molecule has 0 saturated carbocycles. The zero-order valence-electron chi connectivity index (χ0n) is 15.8. The number of aromatic nitrogens is 3. The quantitative estimate of drug-likeness (QED) is 0.496. The standard InChI is InChI=1S/C21H24N6O/c1-2-17(16-8-4-3-5-9-16)21(28)24-13-12-23-19-14-20(26-15-25-19)27-18-10-6-7-11-22-18/h3-11,14-15,17H,2,12-13H2,1H3,(H,24,28)(H2,22,23,25,26,27)/t17-/m0/s1. The van der Waals surface area contributed by atoms with Gasteiger partial charge in [-0.2, -0.15) is 0 Å². The van der Waals surface area contributed by atoms with Gasteiger partial charge in [-0.25, -0.2) is 15.0 Å². The van der Waals surface area contributed by atoms with E-state index in [9.17, 15) is 4.79 Å². The van der Waals surface area contributed by atoms with E-state index in [4.69, 9.17) is 0 Å². The van der Waals surface area contributed by atoms with Crippen molar-refractivity contribution in [1.29, 1.82) is 0 Å². The third kappa shape index (κ3) is 5.51. The van der Waals surface area contributed by atoms with Gasteiger partial charge in [0.25, 0.3) is 0 Å². The zero-order chi connectivity index (χ0) is 19.6. The number of nitrogens with one attached hydrogen (secondary N) is 3. The molecule has 3 rings (SSSR count). The van der Waals surface area contributed by atoms with Crippen LogP contribution >= 0.6 is 0 Å². The van der Waals surface area contributed by atoms with Crippen molar-refractivity contribution >= 4 is 23.4 Å². The van der Waals surface area contributed by atoms with E-state index >= 15 is 0 Å². The molecule has 0 saturated heterocycles. The van der Waals surface area contributed by atoms with Gasteiger partial charge < -0.3 is 16.0 Å². The molecule has 1 aromatic carbocycles. The fourth-order valence-corrected chi connectivity index (χ4v) is 2.85. The van der Waals surface area contributed by atoms with E-state index in [1.165, 1.54) is 6.33 Å². The van der Waals surface area contributed by atoms with Gasteiger partial charge in [-0.3, -0.25) is 4.79 Å². The molecular weight excluding hydrogens is 352 g/mol. The molecule has 0 aliphatic rings. The number of carbonyl (C=O) groups is 1. The van der Waals surface area contributed by atoms with Gasteiger partial charge >= 0.3 is 0 Å². The predicted octanol–water partition coefficient (Wildman–Crippen LogP) is 3.34. The van der Waals surface area contributed by atoms with Crippen LogP contribution < -0.4 is 16.0 Å². The number of amides is 1. The lowest BCUT2D eigenvalue weighted by molar-refractivity contribution is -0.122. The minimum absolute atomic E-state index is 0.0377. The lowest BCUT2D eigenvalue weighted by Crippen LogP contribution is -2.33. The van der Waals surface area contributed by atoms with Crippen molar-refractivity contribution in [3.63, 3.8) is 0 Å². The molecule has 1 atom stereocenters. The van der Waals surface area contributed by atoms with E-state index in [-0.39, 0.29) is 11.8 Å². The lowest BCUT2D eigenvalue weighted by atomic mass is 9.96. The second-order valence-corrected chi connectivity index (χ2v) is 6.22. The predicted molar refractivity (Wildman–Crippen MR) is 111 cm³/mol. The molecule has 7 nitrogen and oxygen atoms in total. The minimum atomic E-state index is -0.130. The van der Waals surface area contributed by atoms with Crippen LogP contribution in [0.1, 0.15) is 24.8 Å². The van der Waals surface area contributed by atoms with Gasteiger partial charge in [0.15, 0.2) is 0 Å². The van der Waals surface area contributed by atoms with E-state index in [1.54, 1.807) is 12.3 Å². The molecule has 2 aromatic heterocycles. The highest BCUT2D eigenvalue weighted by molar-refractivity contribution is 5.83. The van der Waals surface area contributed by atoms with Gasteiger partial charge in [-0.05, 0) is 24.1 Å². The first-order chi connectivity index (χ1) is 13.8. The van der Waals surface area contributed by atoms with Crippen LogP contribution in [-0.4, -0.2) is 33.9 Å². The summed E-state index contributed by atoms with van der Waals surface area (Å²) < 4.78 is 0. The van der Waals surface area contributed by atoms with Gasteiger partial charge in [0, 0.05) is 25.4 Å². The van der Waals surface area contributed by atoms with Crippen molar-refractivity contribution in [2.24, 2.45) is 0 Å². The molecule has 0 fully saturated rings. The van der Waals surface area contributed by atoms with E-state index < -0.39 is 0 Å². The maximum absolute atomic E-state index is 12.5. The molecule has 144 valence electrons. The number of hydrogen-bond donors (Lipinski definition) is 3. The van der Waals surface area contributed by atoms with Crippen LogP contribution in [0.15, 0.2) is 67.1 Å². The summed E-state index contributed by atoms with van der Waals surface area (Å²) in [6.07, 6.45) is 3.96. The fraction of sp³-hybridized carbons (Fsp3) is 0.238. The minimum Gasteiger partial charge on any atom is -0.368 e. The van der Waals surface area contributed by atoms with Crippen molar-refractivity contribution in [3.05, 3.63) is 72.7 Å². The number of benzene rings is 1. The molecule has 0 spiro atoms. The Morgan fingerprint density at radius 3 is 2.46 bits per heavy atom. The monoisotopic (exact) mass is 376 g/mol. The van der Waals surface area contributed by atoms with Crippen LogP contribution in [0.4, 0.5) is 17.5 Å². The summed E-state index contributed by atoms with van der Waals surface area (Å²) in [4.78, 5) is 25.1. The van der Waals surface area contributed by atoms with Crippen LogP contribution in [0.5, 0.6) is 0 Å². The molecular formula is C21H24N6O. The van der Waals surface area contributed by atoms with E-state index in [0.29, 0.717) is 30.5 Å². The van der Waals surface area contributed by atoms with E-state index in [2.05, 4.69) is 30.9 Å². The average Bonchev–Trinajstić information content (AvgIpc) is 2.74.